The molecule has 0 amide bonds. The van der Waals surface area contributed by atoms with Gasteiger partial charge in [-0.2, -0.15) is 0 Å². The summed E-state index contributed by atoms with van der Waals surface area (Å²) >= 11 is 0. The maximum atomic E-state index is 2.47. The van der Waals surface area contributed by atoms with Crippen molar-refractivity contribution in [3.63, 3.8) is 0 Å². The predicted molar refractivity (Wildman–Crippen MR) is 248 cm³/mol. The van der Waals surface area contributed by atoms with E-state index in [1.54, 1.807) is 0 Å². The Labute approximate surface area is 340 Å². The standard InChI is InChI=1S/C56H44N2/c1-56(2,3)42-33-35-44(36-34-42)57(53-31-15-12-26-48(53)50-28-17-21-40-20-16-27-46(55(40)50)39-18-6-4-7-19-39)51-29-13-10-24-45(51)41-32-37-49-47-25-11-14-30-52(47)58(54(49)38-41)43-22-8-5-9-23-43/h4-38H,1-3H3. The second-order valence-electron chi connectivity index (χ2n) is 16.2. The third kappa shape index (κ3) is 6.15. The van der Waals surface area contributed by atoms with E-state index in [0.717, 1.165) is 33.9 Å². The Kier molecular flexibility index (Phi) is 8.76. The van der Waals surface area contributed by atoms with Crippen molar-refractivity contribution < 1.29 is 0 Å². The summed E-state index contributed by atoms with van der Waals surface area (Å²) in [5.74, 6) is 0. The summed E-state index contributed by atoms with van der Waals surface area (Å²) in [6.45, 7) is 6.83. The van der Waals surface area contributed by atoms with Crippen LogP contribution in [0.25, 0.3) is 71.6 Å². The Balaban J connectivity index is 1.22. The van der Waals surface area contributed by atoms with Gasteiger partial charge in [-0.15, -0.1) is 0 Å². The number of rotatable bonds is 7. The van der Waals surface area contributed by atoms with E-state index in [9.17, 15) is 0 Å². The first-order chi connectivity index (χ1) is 28.4. The van der Waals surface area contributed by atoms with Crippen molar-refractivity contribution in [3.8, 4) is 39.1 Å². The molecule has 10 rings (SSSR count). The molecular formula is C56H44N2. The molecule has 0 N–H and O–H groups in total. The summed E-state index contributed by atoms with van der Waals surface area (Å²) in [6, 6.07) is 77.6. The van der Waals surface area contributed by atoms with Crippen molar-refractivity contribution in [2.75, 3.05) is 4.90 Å². The highest BCUT2D eigenvalue weighted by atomic mass is 15.1. The molecule has 0 aliphatic heterocycles. The van der Waals surface area contributed by atoms with Crippen LogP contribution in [0.4, 0.5) is 17.1 Å². The molecule has 0 fully saturated rings. The molecule has 0 atom stereocenters. The van der Waals surface area contributed by atoms with Crippen LogP contribution in [0.5, 0.6) is 0 Å². The molecule has 1 heterocycles. The smallest absolute Gasteiger partial charge is 0.0547 e. The summed E-state index contributed by atoms with van der Waals surface area (Å²) in [7, 11) is 0. The van der Waals surface area contributed by atoms with Crippen molar-refractivity contribution >= 4 is 49.6 Å². The van der Waals surface area contributed by atoms with E-state index in [1.807, 2.05) is 0 Å². The first-order valence-electron chi connectivity index (χ1n) is 20.2. The van der Waals surface area contributed by atoms with Crippen LogP contribution in [0.15, 0.2) is 212 Å². The minimum Gasteiger partial charge on any atom is -0.309 e. The number of hydrogen-bond acceptors (Lipinski definition) is 1. The minimum atomic E-state index is 0.0303. The van der Waals surface area contributed by atoms with Crippen LogP contribution in [0.1, 0.15) is 26.3 Å². The topological polar surface area (TPSA) is 8.17 Å². The van der Waals surface area contributed by atoms with E-state index < -0.39 is 0 Å². The van der Waals surface area contributed by atoms with Gasteiger partial charge in [-0.3, -0.25) is 0 Å². The van der Waals surface area contributed by atoms with Crippen LogP contribution in [0.3, 0.4) is 0 Å². The van der Waals surface area contributed by atoms with E-state index in [0.29, 0.717) is 0 Å². The Bertz CT molecular complexity index is 3070. The van der Waals surface area contributed by atoms with E-state index in [1.165, 1.54) is 60.4 Å². The number of para-hydroxylation sites is 4. The lowest BCUT2D eigenvalue weighted by Crippen LogP contribution is -2.14. The molecule has 278 valence electrons. The third-order valence-electron chi connectivity index (χ3n) is 11.6. The fraction of sp³-hybridized carbons (Fsp3) is 0.0714. The second-order valence-corrected chi connectivity index (χ2v) is 16.2. The maximum absolute atomic E-state index is 2.47. The molecule has 0 aliphatic rings. The molecule has 1 aromatic heterocycles. The van der Waals surface area contributed by atoms with Crippen LogP contribution in [0.2, 0.25) is 0 Å². The van der Waals surface area contributed by atoms with E-state index in [-0.39, 0.29) is 5.41 Å². The van der Waals surface area contributed by atoms with Gasteiger partial charge in [0.05, 0.1) is 22.4 Å². The molecule has 2 heteroatoms. The molecule has 58 heavy (non-hydrogen) atoms. The molecular weight excluding hydrogens is 701 g/mol. The molecule has 2 nitrogen and oxygen atoms in total. The predicted octanol–water partition coefficient (Wildman–Crippen LogP) is 15.7. The molecule has 9 aromatic carbocycles. The van der Waals surface area contributed by atoms with Gasteiger partial charge in [0.25, 0.3) is 0 Å². The van der Waals surface area contributed by atoms with Gasteiger partial charge in [0.2, 0.25) is 0 Å². The van der Waals surface area contributed by atoms with Crippen LogP contribution in [-0.2, 0) is 5.41 Å². The summed E-state index contributed by atoms with van der Waals surface area (Å²) in [4.78, 5) is 2.47. The lowest BCUT2D eigenvalue weighted by atomic mass is 9.87. The van der Waals surface area contributed by atoms with Crippen LogP contribution < -0.4 is 4.90 Å². The van der Waals surface area contributed by atoms with Crippen molar-refractivity contribution in [2.45, 2.75) is 26.2 Å². The van der Waals surface area contributed by atoms with Crippen LogP contribution >= 0.6 is 0 Å². The quantitative estimate of drug-likeness (QED) is 0.158. The van der Waals surface area contributed by atoms with Gasteiger partial charge in [0, 0.05) is 33.3 Å². The van der Waals surface area contributed by atoms with Gasteiger partial charge in [-0.05, 0) is 92.5 Å². The van der Waals surface area contributed by atoms with Crippen molar-refractivity contribution in [1.29, 1.82) is 0 Å². The Morgan fingerprint density at radius 1 is 0.397 bits per heavy atom. The Hall–Kier alpha value is -7.16. The number of nitrogens with zero attached hydrogens (tertiary/aromatic N) is 2. The summed E-state index contributed by atoms with van der Waals surface area (Å²) < 4.78 is 2.40. The average molecular weight is 745 g/mol. The Morgan fingerprint density at radius 3 is 1.69 bits per heavy atom. The van der Waals surface area contributed by atoms with Crippen LogP contribution in [-0.4, -0.2) is 4.57 Å². The number of fused-ring (bicyclic) bond motifs is 4. The fourth-order valence-electron chi connectivity index (χ4n) is 8.74. The summed E-state index contributed by atoms with van der Waals surface area (Å²) in [5.41, 5.74) is 15.3. The first kappa shape index (κ1) is 35.3. The van der Waals surface area contributed by atoms with Gasteiger partial charge in [0.1, 0.15) is 0 Å². The van der Waals surface area contributed by atoms with Crippen LogP contribution in [0, 0.1) is 0 Å². The van der Waals surface area contributed by atoms with Gasteiger partial charge >= 0.3 is 0 Å². The normalized spacial score (nSPS) is 11.7. The molecule has 0 saturated heterocycles. The van der Waals surface area contributed by atoms with Crippen molar-refractivity contribution in [3.05, 3.63) is 218 Å². The van der Waals surface area contributed by atoms with E-state index in [2.05, 4.69) is 243 Å². The van der Waals surface area contributed by atoms with Gasteiger partial charge in [0.15, 0.2) is 0 Å². The number of anilines is 3. The average Bonchev–Trinajstić information content (AvgIpc) is 3.60. The molecule has 10 aromatic rings. The molecule has 0 aliphatic carbocycles. The lowest BCUT2D eigenvalue weighted by molar-refractivity contribution is 0.590. The third-order valence-corrected chi connectivity index (χ3v) is 11.6. The van der Waals surface area contributed by atoms with Crippen molar-refractivity contribution in [2.24, 2.45) is 0 Å². The largest absolute Gasteiger partial charge is 0.309 e. The number of benzene rings is 9. The summed E-state index contributed by atoms with van der Waals surface area (Å²) in [6.07, 6.45) is 0. The second kappa shape index (κ2) is 14.4. The highest BCUT2D eigenvalue weighted by molar-refractivity contribution is 6.11. The van der Waals surface area contributed by atoms with E-state index >= 15 is 0 Å². The molecule has 0 unspecified atom stereocenters. The monoisotopic (exact) mass is 744 g/mol. The number of aromatic nitrogens is 1. The minimum absolute atomic E-state index is 0.0303. The molecule has 0 bridgehead atoms. The lowest BCUT2D eigenvalue weighted by Gasteiger charge is -2.31. The van der Waals surface area contributed by atoms with Gasteiger partial charge in [-0.25, -0.2) is 0 Å². The van der Waals surface area contributed by atoms with Gasteiger partial charge in [-0.1, -0.05) is 185 Å². The van der Waals surface area contributed by atoms with Crippen molar-refractivity contribution in [1.82, 2.24) is 4.57 Å². The molecule has 0 spiro atoms. The van der Waals surface area contributed by atoms with Gasteiger partial charge < -0.3 is 9.47 Å². The van der Waals surface area contributed by atoms with E-state index in [4.69, 9.17) is 0 Å². The highest BCUT2D eigenvalue weighted by Gasteiger charge is 2.23. The summed E-state index contributed by atoms with van der Waals surface area (Å²) in [5, 5.41) is 4.96. The zero-order valence-corrected chi connectivity index (χ0v) is 33.1. The SMILES string of the molecule is CC(C)(C)c1ccc(N(c2ccccc2-c2ccc3c4ccccc4n(-c4ccccc4)c3c2)c2ccccc2-c2cccc3cccc(-c4ccccc4)c23)cc1. The first-order valence-corrected chi connectivity index (χ1v) is 20.2. The zero-order chi connectivity index (χ0) is 39.2. The number of hydrogen-bond donors (Lipinski definition) is 0. The maximum Gasteiger partial charge on any atom is 0.0547 e. The highest BCUT2D eigenvalue weighted by Crippen LogP contribution is 2.48. The fourth-order valence-corrected chi connectivity index (χ4v) is 8.74. The zero-order valence-electron chi connectivity index (χ0n) is 33.1. The Morgan fingerprint density at radius 2 is 0.966 bits per heavy atom. The molecule has 0 saturated carbocycles. The molecule has 0 radical (unpaired) electrons.